The maximum atomic E-state index is 6.02. The monoisotopic (exact) mass is 426 g/mol. The summed E-state index contributed by atoms with van der Waals surface area (Å²) in [5.41, 5.74) is 8.53. The number of anilines is 1. The maximum absolute atomic E-state index is 6.02. The smallest absolute Gasteiger partial charge is 0.176 e. The van der Waals surface area contributed by atoms with Gasteiger partial charge in [0.2, 0.25) is 0 Å². The lowest BCUT2D eigenvalue weighted by Gasteiger charge is -2.04. The van der Waals surface area contributed by atoms with Crippen LogP contribution in [0.3, 0.4) is 0 Å². The van der Waals surface area contributed by atoms with Crippen molar-refractivity contribution in [2.75, 3.05) is 5.73 Å². The van der Waals surface area contributed by atoms with Crippen LogP contribution >= 0.6 is 43.5 Å². The van der Waals surface area contributed by atoms with Gasteiger partial charge in [-0.05, 0) is 51.8 Å². The van der Waals surface area contributed by atoms with Crippen molar-refractivity contribution in [1.82, 2.24) is 5.16 Å². The first-order valence-electron chi connectivity index (χ1n) is 6.03. The molecule has 0 amide bonds. The van der Waals surface area contributed by atoms with E-state index in [0.29, 0.717) is 16.6 Å². The van der Waals surface area contributed by atoms with E-state index < -0.39 is 0 Å². The van der Waals surface area contributed by atoms with Crippen LogP contribution in [0.2, 0.25) is 5.02 Å². The van der Waals surface area contributed by atoms with E-state index in [9.17, 15) is 0 Å². The SMILES string of the molecule is Nc1noc(-c2ccc(Cl)c(Br)c2)c1-c1ccc(Br)cc1. The highest BCUT2D eigenvalue weighted by Crippen LogP contribution is 2.38. The normalized spacial score (nSPS) is 10.8. The van der Waals surface area contributed by atoms with Gasteiger partial charge in [-0.3, -0.25) is 0 Å². The Bertz CT molecular complexity index is 800. The van der Waals surface area contributed by atoms with Gasteiger partial charge in [0, 0.05) is 14.5 Å². The fraction of sp³-hybridized carbons (Fsp3) is 0. The molecule has 2 aromatic carbocycles. The Balaban J connectivity index is 2.16. The van der Waals surface area contributed by atoms with E-state index in [2.05, 4.69) is 37.0 Å². The molecule has 1 aromatic heterocycles. The fourth-order valence-electron chi connectivity index (χ4n) is 2.03. The van der Waals surface area contributed by atoms with Crippen molar-refractivity contribution >= 4 is 49.3 Å². The number of aromatic nitrogens is 1. The van der Waals surface area contributed by atoms with Crippen molar-refractivity contribution in [3.05, 3.63) is 56.4 Å². The van der Waals surface area contributed by atoms with Gasteiger partial charge in [0.1, 0.15) is 0 Å². The van der Waals surface area contributed by atoms with Crippen molar-refractivity contribution in [1.29, 1.82) is 0 Å². The molecule has 3 rings (SSSR count). The van der Waals surface area contributed by atoms with Crippen LogP contribution < -0.4 is 5.73 Å². The van der Waals surface area contributed by atoms with Crippen LogP contribution in [-0.4, -0.2) is 5.16 Å². The summed E-state index contributed by atoms with van der Waals surface area (Å²) in [5, 5.41) is 4.52. The number of nitrogens with zero attached hydrogens (tertiary/aromatic N) is 1. The molecule has 0 aliphatic carbocycles. The van der Waals surface area contributed by atoms with Gasteiger partial charge in [-0.1, -0.05) is 44.8 Å². The summed E-state index contributed by atoms with van der Waals surface area (Å²) in [4.78, 5) is 0. The third kappa shape index (κ3) is 2.86. The first-order chi connectivity index (χ1) is 10.1. The summed E-state index contributed by atoms with van der Waals surface area (Å²) in [6.07, 6.45) is 0. The van der Waals surface area contributed by atoms with E-state index in [1.807, 2.05) is 36.4 Å². The van der Waals surface area contributed by atoms with Crippen molar-refractivity contribution < 1.29 is 4.52 Å². The van der Waals surface area contributed by atoms with Crippen molar-refractivity contribution in [3.63, 3.8) is 0 Å². The molecule has 0 aliphatic heterocycles. The molecule has 21 heavy (non-hydrogen) atoms. The first kappa shape index (κ1) is 14.6. The minimum atomic E-state index is 0.360. The minimum absolute atomic E-state index is 0.360. The number of halogens is 3. The summed E-state index contributed by atoms with van der Waals surface area (Å²) in [7, 11) is 0. The Morgan fingerprint density at radius 1 is 1.00 bits per heavy atom. The van der Waals surface area contributed by atoms with E-state index >= 15 is 0 Å². The molecule has 0 atom stereocenters. The lowest BCUT2D eigenvalue weighted by Crippen LogP contribution is -1.89. The number of hydrogen-bond donors (Lipinski definition) is 1. The highest BCUT2D eigenvalue weighted by atomic mass is 79.9. The molecule has 0 bridgehead atoms. The van der Waals surface area contributed by atoms with Crippen LogP contribution in [0, 0.1) is 0 Å². The highest BCUT2D eigenvalue weighted by molar-refractivity contribution is 9.10. The Morgan fingerprint density at radius 3 is 2.33 bits per heavy atom. The largest absolute Gasteiger partial charge is 0.380 e. The second-order valence-corrected chi connectivity index (χ2v) is 6.58. The molecule has 1 heterocycles. The summed E-state index contributed by atoms with van der Waals surface area (Å²) in [6.45, 7) is 0. The molecule has 2 N–H and O–H groups in total. The summed E-state index contributed by atoms with van der Waals surface area (Å²) in [6, 6.07) is 13.4. The van der Waals surface area contributed by atoms with Gasteiger partial charge in [0.05, 0.1) is 10.6 Å². The van der Waals surface area contributed by atoms with Crippen LogP contribution in [0.15, 0.2) is 55.9 Å². The van der Waals surface area contributed by atoms with Crippen LogP contribution in [0.4, 0.5) is 5.82 Å². The Kier molecular flexibility index (Phi) is 4.06. The predicted molar refractivity (Wildman–Crippen MR) is 92.2 cm³/mol. The molecule has 0 aliphatic rings. The summed E-state index contributed by atoms with van der Waals surface area (Å²) in [5.74, 6) is 0.977. The number of nitrogen functional groups attached to an aromatic ring is 1. The zero-order chi connectivity index (χ0) is 15.0. The van der Waals surface area contributed by atoms with Gasteiger partial charge < -0.3 is 10.3 Å². The molecular weight excluding hydrogens is 419 g/mol. The summed E-state index contributed by atoms with van der Waals surface area (Å²) >= 11 is 12.9. The van der Waals surface area contributed by atoms with Gasteiger partial charge >= 0.3 is 0 Å². The molecule has 0 spiro atoms. The van der Waals surface area contributed by atoms with Gasteiger partial charge in [0.25, 0.3) is 0 Å². The number of hydrogen-bond acceptors (Lipinski definition) is 3. The molecule has 0 fully saturated rings. The second kappa shape index (κ2) is 5.83. The third-order valence-electron chi connectivity index (χ3n) is 3.03. The van der Waals surface area contributed by atoms with Gasteiger partial charge in [-0.15, -0.1) is 0 Å². The molecule has 0 unspecified atom stereocenters. The van der Waals surface area contributed by atoms with Crippen LogP contribution in [0.5, 0.6) is 0 Å². The fourth-order valence-corrected chi connectivity index (χ4v) is 2.79. The van der Waals surface area contributed by atoms with Crippen LogP contribution in [0.1, 0.15) is 0 Å². The van der Waals surface area contributed by atoms with E-state index in [1.54, 1.807) is 6.07 Å². The van der Waals surface area contributed by atoms with Crippen molar-refractivity contribution in [2.24, 2.45) is 0 Å². The van der Waals surface area contributed by atoms with E-state index in [-0.39, 0.29) is 0 Å². The van der Waals surface area contributed by atoms with Crippen LogP contribution in [-0.2, 0) is 0 Å². The summed E-state index contributed by atoms with van der Waals surface area (Å²) < 4.78 is 7.20. The zero-order valence-electron chi connectivity index (χ0n) is 10.6. The van der Waals surface area contributed by atoms with Crippen LogP contribution in [0.25, 0.3) is 22.5 Å². The van der Waals surface area contributed by atoms with Gasteiger partial charge in [-0.2, -0.15) is 0 Å². The Morgan fingerprint density at radius 2 is 1.67 bits per heavy atom. The van der Waals surface area contributed by atoms with E-state index in [4.69, 9.17) is 21.9 Å². The van der Waals surface area contributed by atoms with Gasteiger partial charge in [-0.25, -0.2) is 0 Å². The second-order valence-electron chi connectivity index (χ2n) is 4.41. The third-order valence-corrected chi connectivity index (χ3v) is 4.78. The van der Waals surface area contributed by atoms with Crippen molar-refractivity contribution in [2.45, 2.75) is 0 Å². The topological polar surface area (TPSA) is 52.0 Å². The van der Waals surface area contributed by atoms with E-state index in [1.165, 1.54) is 0 Å². The molecule has 3 aromatic rings. The zero-order valence-corrected chi connectivity index (χ0v) is 14.5. The molecular formula is C15H9Br2ClN2O. The number of benzene rings is 2. The maximum Gasteiger partial charge on any atom is 0.176 e. The standard InChI is InChI=1S/C15H9Br2ClN2O/c16-10-4-1-8(2-5-10)13-14(21-20-15(13)19)9-3-6-12(18)11(17)7-9/h1-7H,(H2,19,20). The first-order valence-corrected chi connectivity index (χ1v) is 7.99. The van der Waals surface area contributed by atoms with Crippen molar-refractivity contribution in [3.8, 4) is 22.5 Å². The molecule has 3 nitrogen and oxygen atoms in total. The molecule has 0 saturated carbocycles. The average molecular weight is 429 g/mol. The molecule has 0 saturated heterocycles. The highest BCUT2D eigenvalue weighted by Gasteiger charge is 2.18. The number of rotatable bonds is 2. The lowest BCUT2D eigenvalue weighted by molar-refractivity contribution is 0.436. The lowest BCUT2D eigenvalue weighted by atomic mass is 10.0. The Labute approximate surface area is 143 Å². The van der Waals surface area contributed by atoms with Gasteiger partial charge in [0.15, 0.2) is 11.6 Å². The Hall–Kier alpha value is -1.30. The average Bonchev–Trinajstić information content (AvgIpc) is 2.85. The quantitative estimate of drug-likeness (QED) is 0.564. The van der Waals surface area contributed by atoms with E-state index in [0.717, 1.165) is 25.6 Å². The molecule has 106 valence electrons. The predicted octanol–water partition coefficient (Wildman–Crippen LogP) is 5.77. The minimum Gasteiger partial charge on any atom is -0.380 e. The molecule has 0 radical (unpaired) electrons. The molecule has 6 heteroatoms. The number of nitrogens with two attached hydrogens (primary N) is 1.